The number of nitrogens with two attached hydrogens (primary N) is 1. The summed E-state index contributed by atoms with van der Waals surface area (Å²) in [4.78, 5) is 34.8. The standard InChI is InChI=1S/C26H26N6O2/c1-32-25(34)23(30-24(33)20-10-6-3-7-11-20)22(19-12-14-28-15-13-19)31-26(32)29-17-21(27)16-18-8-4-2-5-9-18/h2-15,21H,16-17,27H2,1H3,(H,29,31)(H,30,33). The maximum Gasteiger partial charge on any atom is 0.279 e. The molecule has 34 heavy (non-hydrogen) atoms. The number of hydrogen-bond donors (Lipinski definition) is 3. The fourth-order valence-corrected chi connectivity index (χ4v) is 3.58. The zero-order chi connectivity index (χ0) is 23.9. The van der Waals surface area contributed by atoms with Gasteiger partial charge in [-0.2, -0.15) is 0 Å². The molecular weight excluding hydrogens is 428 g/mol. The van der Waals surface area contributed by atoms with Gasteiger partial charge in [0, 0.05) is 43.2 Å². The molecule has 0 radical (unpaired) electrons. The third kappa shape index (κ3) is 5.36. The van der Waals surface area contributed by atoms with E-state index in [1.165, 1.54) is 4.57 Å². The van der Waals surface area contributed by atoms with Crippen LogP contribution >= 0.6 is 0 Å². The van der Waals surface area contributed by atoms with E-state index in [-0.39, 0.29) is 23.2 Å². The number of anilines is 2. The number of nitrogens with one attached hydrogen (secondary N) is 2. The van der Waals surface area contributed by atoms with E-state index in [1.807, 2.05) is 36.4 Å². The lowest BCUT2D eigenvalue weighted by atomic mass is 10.1. The Kier molecular flexibility index (Phi) is 7.10. The average molecular weight is 455 g/mol. The van der Waals surface area contributed by atoms with E-state index in [9.17, 15) is 9.59 Å². The van der Waals surface area contributed by atoms with Crippen molar-refractivity contribution in [3.8, 4) is 11.3 Å². The molecule has 0 aliphatic carbocycles. The van der Waals surface area contributed by atoms with Crippen molar-refractivity contribution in [2.24, 2.45) is 12.8 Å². The van der Waals surface area contributed by atoms with Crippen LogP contribution in [0.2, 0.25) is 0 Å². The summed E-state index contributed by atoms with van der Waals surface area (Å²) in [6.45, 7) is 0.417. The summed E-state index contributed by atoms with van der Waals surface area (Å²) in [6, 6.07) is 22.0. The molecule has 1 atom stereocenters. The van der Waals surface area contributed by atoms with Crippen LogP contribution in [0.3, 0.4) is 0 Å². The molecule has 0 aliphatic heterocycles. The van der Waals surface area contributed by atoms with Gasteiger partial charge in [0.1, 0.15) is 11.4 Å². The largest absolute Gasteiger partial charge is 0.354 e. The van der Waals surface area contributed by atoms with Crippen LogP contribution in [0.25, 0.3) is 11.3 Å². The minimum absolute atomic E-state index is 0.0988. The van der Waals surface area contributed by atoms with Crippen molar-refractivity contribution < 1.29 is 4.79 Å². The van der Waals surface area contributed by atoms with Crippen LogP contribution in [0, 0.1) is 0 Å². The molecule has 4 rings (SSSR count). The van der Waals surface area contributed by atoms with Crippen LogP contribution in [0.4, 0.5) is 11.6 Å². The number of benzene rings is 2. The monoisotopic (exact) mass is 454 g/mol. The van der Waals surface area contributed by atoms with E-state index in [2.05, 4.69) is 20.6 Å². The average Bonchev–Trinajstić information content (AvgIpc) is 2.88. The quantitative estimate of drug-likeness (QED) is 0.377. The highest BCUT2D eigenvalue weighted by atomic mass is 16.2. The van der Waals surface area contributed by atoms with Gasteiger partial charge in [-0.3, -0.25) is 19.1 Å². The first-order valence-electron chi connectivity index (χ1n) is 10.9. The van der Waals surface area contributed by atoms with E-state index in [0.717, 1.165) is 5.56 Å². The fourth-order valence-electron chi connectivity index (χ4n) is 3.58. The highest BCUT2D eigenvalue weighted by molar-refractivity contribution is 6.05. The third-order valence-corrected chi connectivity index (χ3v) is 5.38. The van der Waals surface area contributed by atoms with Gasteiger partial charge < -0.3 is 16.4 Å². The van der Waals surface area contributed by atoms with E-state index >= 15 is 0 Å². The Balaban J connectivity index is 1.63. The van der Waals surface area contributed by atoms with Crippen molar-refractivity contribution >= 4 is 17.5 Å². The zero-order valence-corrected chi connectivity index (χ0v) is 18.8. The van der Waals surface area contributed by atoms with Gasteiger partial charge in [0.2, 0.25) is 5.95 Å². The fraction of sp³-hybridized carbons (Fsp3) is 0.154. The Bertz CT molecular complexity index is 1310. The summed E-state index contributed by atoms with van der Waals surface area (Å²) < 4.78 is 1.38. The lowest BCUT2D eigenvalue weighted by molar-refractivity contribution is 0.102. The molecule has 2 heterocycles. The van der Waals surface area contributed by atoms with Crippen LogP contribution in [0.5, 0.6) is 0 Å². The van der Waals surface area contributed by atoms with Gasteiger partial charge in [0.05, 0.1) is 0 Å². The number of carbonyl (C=O) groups is 1. The molecule has 4 aromatic rings. The first-order chi connectivity index (χ1) is 16.5. The van der Waals surface area contributed by atoms with Crippen molar-refractivity contribution in [3.05, 3.63) is 107 Å². The van der Waals surface area contributed by atoms with Crippen LogP contribution in [-0.4, -0.2) is 33.0 Å². The molecule has 1 amide bonds. The Hall–Kier alpha value is -4.30. The van der Waals surface area contributed by atoms with Gasteiger partial charge in [-0.1, -0.05) is 48.5 Å². The van der Waals surface area contributed by atoms with Crippen LogP contribution in [0.15, 0.2) is 90.0 Å². The molecule has 172 valence electrons. The molecule has 0 aliphatic rings. The molecule has 8 heteroatoms. The van der Waals surface area contributed by atoms with Crippen LogP contribution < -0.4 is 21.9 Å². The number of rotatable bonds is 8. The summed E-state index contributed by atoms with van der Waals surface area (Å²) in [5.74, 6) is -0.0292. The van der Waals surface area contributed by atoms with Gasteiger partial charge in [-0.25, -0.2) is 4.98 Å². The number of aromatic nitrogens is 3. The van der Waals surface area contributed by atoms with Crippen molar-refractivity contribution in [3.63, 3.8) is 0 Å². The molecule has 0 fully saturated rings. The molecule has 0 spiro atoms. The van der Waals surface area contributed by atoms with Crippen molar-refractivity contribution in [2.45, 2.75) is 12.5 Å². The van der Waals surface area contributed by atoms with Gasteiger partial charge in [-0.05, 0) is 36.2 Å². The zero-order valence-electron chi connectivity index (χ0n) is 18.8. The van der Waals surface area contributed by atoms with E-state index in [0.29, 0.717) is 35.7 Å². The highest BCUT2D eigenvalue weighted by Gasteiger charge is 2.19. The minimum Gasteiger partial charge on any atom is -0.354 e. The first-order valence-corrected chi connectivity index (χ1v) is 10.9. The topological polar surface area (TPSA) is 115 Å². The maximum atomic E-state index is 13.3. The Labute approximate surface area is 197 Å². The van der Waals surface area contributed by atoms with Gasteiger partial charge in [0.25, 0.3) is 11.5 Å². The van der Waals surface area contributed by atoms with E-state index in [1.54, 1.807) is 55.8 Å². The summed E-state index contributed by atoms with van der Waals surface area (Å²) in [5, 5.41) is 5.95. The summed E-state index contributed by atoms with van der Waals surface area (Å²) in [7, 11) is 1.61. The molecular formula is C26H26N6O2. The molecule has 0 saturated heterocycles. The predicted molar refractivity (Wildman–Crippen MR) is 134 cm³/mol. The lowest BCUT2D eigenvalue weighted by Crippen LogP contribution is -2.34. The van der Waals surface area contributed by atoms with Crippen molar-refractivity contribution in [1.82, 2.24) is 14.5 Å². The second-order valence-electron chi connectivity index (χ2n) is 7.91. The van der Waals surface area contributed by atoms with Gasteiger partial charge in [0.15, 0.2) is 0 Å². The molecule has 0 saturated carbocycles. The molecule has 4 N–H and O–H groups in total. The number of carbonyl (C=O) groups excluding carboxylic acids is 1. The number of nitrogens with zero attached hydrogens (tertiary/aromatic N) is 3. The first kappa shape index (κ1) is 22.9. The molecule has 2 aromatic heterocycles. The molecule has 1 unspecified atom stereocenters. The van der Waals surface area contributed by atoms with Crippen LogP contribution in [0.1, 0.15) is 15.9 Å². The molecule has 2 aromatic carbocycles. The van der Waals surface area contributed by atoms with Crippen molar-refractivity contribution in [2.75, 3.05) is 17.2 Å². The Morgan fingerprint density at radius 2 is 1.65 bits per heavy atom. The summed E-state index contributed by atoms with van der Waals surface area (Å²) in [5.41, 5.74) is 8.62. The minimum atomic E-state index is -0.389. The van der Waals surface area contributed by atoms with Crippen LogP contribution in [-0.2, 0) is 13.5 Å². The molecule has 0 bridgehead atoms. The predicted octanol–water partition coefficient (Wildman–Crippen LogP) is 3.08. The van der Waals surface area contributed by atoms with Crippen molar-refractivity contribution in [1.29, 1.82) is 0 Å². The SMILES string of the molecule is Cn1c(NCC(N)Cc2ccccc2)nc(-c2ccncc2)c(NC(=O)c2ccccc2)c1=O. The second-order valence-corrected chi connectivity index (χ2v) is 7.91. The van der Waals surface area contributed by atoms with Gasteiger partial charge >= 0.3 is 0 Å². The third-order valence-electron chi connectivity index (χ3n) is 5.38. The summed E-state index contributed by atoms with van der Waals surface area (Å²) >= 11 is 0. The number of pyridine rings is 1. The number of hydrogen-bond acceptors (Lipinski definition) is 6. The Morgan fingerprint density at radius 1 is 1.00 bits per heavy atom. The summed E-state index contributed by atoms with van der Waals surface area (Å²) in [6.07, 6.45) is 3.91. The normalized spacial score (nSPS) is 11.6. The van der Waals surface area contributed by atoms with E-state index in [4.69, 9.17) is 5.73 Å². The van der Waals surface area contributed by atoms with E-state index < -0.39 is 0 Å². The second kappa shape index (κ2) is 10.5. The lowest BCUT2D eigenvalue weighted by Gasteiger charge is -2.18. The number of amides is 1. The van der Waals surface area contributed by atoms with Gasteiger partial charge in [-0.15, -0.1) is 0 Å². The smallest absolute Gasteiger partial charge is 0.279 e. The maximum absolute atomic E-state index is 13.3. The Morgan fingerprint density at radius 3 is 2.32 bits per heavy atom. The highest BCUT2D eigenvalue weighted by Crippen LogP contribution is 2.24. The molecule has 8 nitrogen and oxygen atoms in total.